The largest absolute Gasteiger partial charge is 0.459 e. The van der Waals surface area contributed by atoms with Crippen molar-refractivity contribution in [2.24, 2.45) is 0 Å². The molecule has 0 aromatic heterocycles. The SMILES string of the molecule is C[C@@]1(F)[C@H](OC(=O)c2ccccc2)[C@@H](COC(=O)c2ccccc2)O[C@@H]1N1CCC(=O)NC1=O. The van der Waals surface area contributed by atoms with Crippen molar-refractivity contribution >= 4 is 23.9 Å². The summed E-state index contributed by atoms with van der Waals surface area (Å²) in [6.07, 6.45) is -4.22. The van der Waals surface area contributed by atoms with Crippen molar-refractivity contribution in [2.75, 3.05) is 13.2 Å². The topological polar surface area (TPSA) is 111 Å². The van der Waals surface area contributed by atoms with E-state index in [1.54, 1.807) is 48.5 Å². The Hall–Kier alpha value is -3.79. The quantitative estimate of drug-likeness (QED) is 0.646. The fraction of sp³-hybridized carbons (Fsp3) is 0.333. The Bertz CT molecular complexity index is 1080. The first-order chi connectivity index (χ1) is 16.3. The Morgan fingerprint density at radius 1 is 1.06 bits per heavy atom. The zero-order chi connectivity index (χ0) is 24.3. The molecule has 4 rings (SSSR count). The van der Waals surface area contributed by atoms with Gasteiger partial charge in [-0.05, 0) is 31.2 Å². The lowest BCUT2D eigenvalue weighted by Crippen LogP contribution is -2.59. The number of alkyl halides is 1. The average Bonchev–Trinajstić information content (AvgIpc) is 3.08. The fourth-order valence-electron chi connectivity index (χ4n) is 3.94. The lowest BCUT2D eigenvalue weighted by atomic mass is 9.97. The summed E-state index contributed by atoms with van der Waals surface area (Å²) in [5.74, 6) is -1.95. The van der Waals surface area contributed by atoms with Crippen molar-refractivity contribution in [3.63, 3.8) is 0 Å². The monoisotopic (exact) mass is 470 g/mol. The van der Waals surface area contributed by atoms with Gasteiger partial charge < -0.3 is 14.2 Å². The van der Waals surface area contributed by atoms with Crippen LogP contribution in [0.2, 0.25) is 0 Å². The van der Waals surface area contributed by atoms with Gasteiger partial charge in [0.2, 0.25) is 5.91 Å². The third-order valence-corrected chi connectivity index (χ3v) is 5.68. The Labute approximate surface area is 194 Å². The number of ether oxygens (including phenoxy) is 3. The summed E-state index contributed by atoms with van der Waals surface area (Å²) in [6.45, 7) is 0.638. The molecule has 9 nitrogen and oxygen atoms in total. The maximum atomic E-state index is 16.1. The molecule has 4 atom stereocenters. The lowest BCUT2D eigenvalue weighted by Gasteiger charge is -2.36. The molecule has 0 radical (unpaired) electrons. The third kappa shape index (κ3) is 4.76. The Kier molecular flexibility index (Phi) is 6.60. The Balaban J connectivity index is 1.55. The first-order valence-electron chi connectivity index (χ1n) is 10.7. The lowest BCUT2D eigenvalue weighted by molar-refractivity contribution is -0.126. The van der Waals surface area contributed by atoms with E-state index < -0.39 is 54.6 Å². The van der Waals surface area contributed by atoms with Crippen molar-refractivity contribution in [2.45, 2.75) is 37.4 Å². The van der Waals surface area contributed by atoms with Crippen molar-refractivity contribution in [1.29, 1.82) is 0 Å². The van der Waals surface area contributed by atoms with E-state index in [1.807, 2.05) is 0 Å². The highest BCUT2D eigenvalue weighted by Crippen LogP contribution is 2.39. The molecular formula is C24H23FN2O7. The molecule has 0 bridgehead atoms. The number of urea groups is 1. The molecule has 178 valence electrons. The van der Waals surface area contributed by atoms with Gasteiger partial charge in [0.15, 0.2) is 18.0 Å². The second-order valence-corrected chi connectivity index (χ2v) is 8.13. The molecule has 34 heavy (non-hydrogen) atoms. The zero-order valence-corrected chi connectivity index (χ0v) is 18.3. The number of benzene rings is 2. The summed E-state index contributed by atoms with van der Waals surface area (Å²) in [5, 5.41) is 2.12. The minimum Gasteiger partial charge on any atom is -0.459 e. The van der Waals surface area contributed by atoms with Crippen LogP contribution in [0.15, 0.2) is 60.7 Å². The summed E-state index contributed by atoms with van der Waals surface area (Å²) in [6, 6.07) is 15.4. The standard InChI is InChI=1S/C24H23FN2O7/c1-24(25)19(34-21(30)16-10-6-3-7-11-16)17(14-32-20(29)15-8-4-2-5-9-15)33-22(24)27-13-12-18(28)26-23(27)31/h2-11,17,19,22H,12-14H2,1H3,(H,26,28,31)/t17-,19-,22+,24-/m1/s1. The van der Waals surface area contributed by atoms with Gasteiger partial charge in [0.1, 0.15) is 12.7 Å². The molecule has 2 aromatic carbocycles. The molecule has 2 aliphatic heterocycles. The molecule has 10 heteroatoms. The van der Waals surface area contributed by atoms with Gasteiger partial charge in [-0.25, -0.2) is 18.8 Å². The van der Waals surface area contributed by atoms with Crippen LogP contribution in [0.3, 0.4) is 0 Å². The van der Waals surface area contributed by atoms with Gasteiger partial charge >= 0.3 is 18.0 Å². The van der Waals surface area contributed by atoms with E-state index in [-0.39, 0.29) is 24.1 Å². The van der Waals surface area contributed by atoms with Crippen LogP contribution < -0.4 is 5.32 Å². The molecule has 1 N–H and O–H groups in total. The number of halogens is 1. The maximum absolute atomic E-state index is 16.1. The van der Waals surface area contributed by atoms with Gasteiger partial charge in [-0.15, -0.1) is 0 Å². The molecule has 2 heterocycles. The predicted octanol–water partition coefficient (Wildman–Crippen LogP) is 2.46. The van der Waals surface area contributed by atoms with Crippen molar-refractivity contribution in [3.05, 3.63) is 71.8 Å². The number of carbonyl (C=O) groups is 4. The minimum atomic E-state index is -2.37. The van der Waals surface area contributed by atoms with E-state index in [0.717, 1.165) is 11.8 Å². The summed E-state index contributed by atoms with van der Waals surface area (Å²) in [4.78, 5) is 50.0. The first-order valence-corrected chi connectivity index (χ1v) is 10.7. The fourth-order valence-corrected chi connectivity index (χ4v) is 3.94. The number of esters is 2. The van der Waals surface area contributed by atoms with Crippen LogP contribution in [0.25, 0.3) is 0 Å². The molecule has 0 saturated carbocycles. The molecule has 2 fully saturated rings. The van der Waals surface area contributed by atoms with Crippen LogP contribution in [0, 0.1) is 0 Å². The molecule has 2 saturated heterocycles. The van der Waals surface area contributed by atoms with Gasteiger partial charge in [-0.2, -0.15) is 0 Å². The van der Waals surface area contributed by atoms with Gasteiger partial charge in [0.25, 0.3) is 0 Å². The molecule has 0 unspecified atom stereocenters. The number of nitrogens with one attached hydrogen (secondary N) is 1. The third-order valence-electron chi connectivity index (χ3n) is 5.68. The van der Waals surface area contributed by atoms with Crippen LogP contribution in [0.4, 0.5) is 9.18 Å². The van der Waals surface area contributed by atoms with E-state index in [9.17, 15) is 19.2 Å². The van der Waals surface area contributed by atoms with Crippen molar-refractivity contribution < 1.29 is 37.8 Å². The van der Waals surface area contributed by atoms with E-state index in [2.05, 4.69) is 5.32 Å². The highest BCUT2D eigenvalue weighted by Gasteiger charge is 2.60. The maximum Gasteiger partial charge on any atom is 0.338 e. The van der Waals surface area contributed by atoms with E-state index in [1.165, 1.54) is 12.1 Å². The number of carbonyl (C=O) groups excluding carboxylic acids is 4. The summed E-state index contributed by atoms with van der Waals surface area (Å²) < 4.78 is 32.7. The number of imide groups is 1. The van der Waals surface area contributed by atoms with Crippen molar-refractivity contribution in [1.82, 2.24) is 10.2 Å². The van der Waals surface area contributed by atoms with Crippen LogP contribution in [0.1, 0.15) is 34.1 Å². The molecule has 2 aromatic rings. The molecule has 0 aliphatic carbocycles. The smallest absolute Gasteiger partial charge is 0.338 e. The number of nitrogens with zero attached hydrogens (tertiary/aromatic N) is 1. The normalized spacial score (nSPS) is 26.6. The zero-order valence-electron chi connectivity index (χ0n) is 18.3. The minimum absolute atomic E-state index is 0.0379. The van der Waals surface area contributed by atoms with Gasteiger partial charge in [0, 0.05) is 13.0 Å². The first kappa shape index (κ1) is 23.4. The molecule has 3 amide bonds. The number of rotatable bonds is 6. The van der Waals surface area contributed by atoms with E-state index >= 15 is 4.39 Å². The van der Waals surface area contributed by atoms with Gasteiger partial charge in [-0.3, -0.25) is 15.0 Å². The molecule has 0 spiro atoms. The number of amides is 3. The second kappa shape index (κ2) is 9.60. The molecular weight excluding hydrogens is 447 g/mol. The van der Waals surface area contributed by atoms with Gasteiger partial charge in [-0.1, -0.05) is 36.4 Å². The Morgan fingerprint density at radius 3 is 2.24 bits per heavy atom. The molecule has 2 aliphatic rings. The van der Waals surface area contributed by atoms with Crippen LogP contribution in [0.5, 0.6) is 0 Å². The van der Waals surface area contributed by atoms with Gasteiger partial charge in [0.05, 0.1) is 11.1 Å². The highest BCUT2D eigenvalue weighted by molar-refractivity contribution is 5.96. The van der Waals surface area contributed by atoms with Crippen LogP contribution in [-0.2, 0) is 19.0 Å². The average molecular weight is 470 g/mol. The summed E-state index contributed by atoms with van der Waals surface area (Å²) >= 11 is 0. The summed E-state index contributed by atoms with van der Waals surface area (Å²) in [5.41, 5.74) is -1.89. The summed E-state index contributed by atoms with van der Waals surface area (Å²) in [7, 11) is 0. The van der Waals surface area contributed by atoms with E-state index in [4.69, 9.17) is 14.2 Å². The predicted molar refractivity (Wildman–Crippen MR) is 115 cm³/mol. The highest BCUT2D eigenvalue weighted by atomic mass is 19.1. The van der Waals surface area contributed by atoms with Crippen LogP contribution in [-0.4, -0.2) is 66.0 Å². The van der Waals surface area contributed by atoms with Crippen molar-refractivity contribution in [3.8, 4) is 0 Å². The Morgan fingerprint density at radius 2 is 1.65 bits per heavy atom. The number of hydrogen-bond acceptors (Lipinski definition) is 7. The number of hydrogen-bond donors (Lipinski definition) is 1. The second-order valence-electron chi connectivity index (χ2n) is 8.13. The van der Waals surface area contributed by atoms with Crippen LogP contribution >= 0.6 is 0 Å². The van der Waals surface area contributed by atoms with E-state index in [0.29, 0.717) is 0 Å².